The van der Waals surface area contributed by atoms with Gasteiger partial charge in [-0.25, -0.2) is 9.97 Å². The van der Waals surface area contributed by atoms with Crippen molar-refractivity contribution < 1.29 is 9.59 Å². The number of para-hydroxylation sites is 4. The number of imidazole rings is 2. The lowest BCUT2D eigenvalue weighted by Crippen LogP contribution is -1.98. The van der Waals surface area contributed by atoms with Crippen molar-refractivity contribution in [3.8, 4) is 0 Å². The predicted octanol–water partition coefficient (Wildman–Crippen LogP) is 3.80. The van der Waals surface area contributed by atoms with E-state index in [2.05, 4.69) is 19.9 Å². The van der Waals surface area contributed by atoms with Crippen LogP contribution in [0.3, 0.4) is 0 Å². The summed E-state index contributed by atoms with van der Waals surface area (Å²) in [5.74, 6) is 0.456. The van der Waals surface area contributed by atoms with Gasteiger partial charge in [0.05, 0.1) is 22.1 Å². The Morgan fingerprint density at radius 3 is 1.54 bits per heavy atom. The Labute approximate surface area is 143 Å². The number of benzene rings is 2. The van der Waals surface area contributed by atoms with Gasteiger partial charge in [-0.2, -0.15) is 0 Å². The van der Waals surface area contributed by atoms with Crippen molar-refractivity contribution in [1.29, 1.82) is 0 Å². The normalized spacial score (nSPS) is 11.2. The number of aromatic amines is 2. The number of hydrogen-bond acceptors (Lipinski definition) is 6. The molecule has 2 N–H and O–H groups in total. The lowest BCUT2D eigenvalue weighted by molar-refractivity contribution is 0.107. The number of nitrogens with one attached hydrogen (secondary N) is 2. The zero-order chi connectivity index (χ0) is 16.5. The van der Waals surface area contributed by atoms with Gasteiger partial charge in [0, 0.05) is 0 Å². The van der Waals surface area contributed by atoms with E-state index in [1.54, 1.807) is 0 Å². The summed E-state index contributed by atoms with van der Waals surface area (Å²) in [6.45, 7) is 0. The molecule has 4 rings (SSSR count). The summed E-state index contributed by atoms with van der Waals surface area (Å²) >= 11 is 0. The number of rotatable bonds is 2. The van der Waals surface area contributed by atoms with Crippen LogP contribution in [0, 0.1) is 0 Å². The molecule has 24 heavy (non-hydrogen) atoms. The van der Waals surface area contributed by atoms with E-state index in [1.165, 1.54) is 0 Å². The molecule has 0 saturated carbocycles. The molecule has 6 nitrogen and oxygen atoms in total. The van der Waals surface area contributed by atoms with Crippen LogP contribution < -0.4 is 0 Å². The molecule has 0 aliphatic rings. The third-order valence-corrected chi connectivity index (χ3v) is 5.29. The maximum Gasteiger partial charge on any atom is 0.265 e. The SMILES string of the molecule is O=C(SSC(=O)c1nc2ccccc2[nH]1)c1nc2ccccc2[nH]1. The highest BCUT2D eigenvalue weighted by atomic mass is 33.1. The topological polar surface area (TPSA) is 91.5 Å². The van der Waals surface area contributed by atoms with E-state index in [4.69, 9.17) is 0 Å². The van der Waals surface area contributed by atoms with Crippen molar-refractivity contribution in [3.05, 3.63) is 60.2 Å². The molecular weight excluding hydrogens is 344 g/mol. The second-order valence-electron chi connectivity index (χ2n) is 4.95. The first-order chi connectivity index (χ1) is 11.7. The number of aromatic nitrogens is 4. The molecule has 0 atom stereocenters. The fourth-order valence-electron chi connectivity index (χ4n) is 2.25. The fourth-order valence-corrected chi connectivity index (χ4v) is 3.68. The summed E-state index contributed by atoms with van der Waals surface area (Å²) < 4.78 is 0. The zero-order valence-electron chi connectivity index (χ0n) is 12.1. The molecule has 0 amide bonds. The molecule has 8 heteroatoms. The smallest absolute Gasteiger partial charge is 0.265 e. The van der Waals surface area contributed by atoms with Gasteiger partial charge in [-0.3, -0.25) is 9.59 Å². The summed E-state index contributed by atoms with van der Waals surface area (Å²) in [7, 11) is 1.66. The Morgan fingerprint density at radius 1 is 0.708 bits per heavy atom. The molecular formula is C16H10N4O2S2. The van der Waals surface area contributed by atoms with Crippen LogP contribution in [0.15, 0.2) is 48.5 Å². The number of carbonyl (C=O) groups excluding carboxylic acids is 2. The van der Waals surface area contributed by atoms with Crippen molar-refractivity contribution in [1.82, 2.24) is 19.9 Å². The Kier molecular flexibility index (Phi) is 3.83. The van der Waals surface area contributed by atoms with E-state index >= 15 is 0 Å². The maximum absolute atomic E-state index is 12.2. The van der Waals surface area contributed by atoms with Crippen LogP contribution in [-0.4, -0.2) is 30.2 Å². The molecule has 0 saturated heterocycles. The largest absolute Gasteiger partial charge is 0.335 e. The van der Waals surface area contributed by atoms with Crippen molar-refractivity contribution in [3.63, 3.8) is 0 Å². The summed E-state index contributed by atoms with van der Waals surface area (Å²) in [6.07, 6.45) is 0. The zero-order valence-corrected chi connectivity index (χ0v) is 13.8. The average Bonchev–Trinajstić information content (AvgIpc) is 3.23. The lowest BCUT2D eigenvalue weighted by Gasteiger charge is -1.95. The minimum atomic E-state index is -0.305. The fraction of sp³-hybridized carbons (Fsp3) is 0. The quantitative estimate of drug-likeness (QED) is 0.532. The van der Waals surface area contributed by atoms with Crippen LogP contribution in [0.5, 0.6) is 0 Å². The summed E-state index contributed by atoms with van der Waals surface area (Å²) in [5, 5.41) is -0.610. The van der Waals surface area contributed by atoms with Gasteiger partial charge in [-0.05, 0) is 45.9 Å². The molecule has 0 spiro atoms. The molecule has 4 aromatic rings. The van der Waals surface area contributed by atoms with Gasteiger partial charge >= 0.3 is 0 Å². The predicted molar refractivity (Wildman–Crippen MR) is 96.0 cm³/mol. The number of carbonyl (C=O) groups is 2. The Bertz CT molecular complexity index is 918. The van der Waals surface area contributed by atoms with Crippen LogP contribution in [0.4, 0.5) is 0 Å². The molecule has 0 fully saturated rings. The first kappa shape index (κ1) is 15.0. The molecule has 0 unspecified atom stereocenters. The van der Waals surface area contributed by atoms with Crippen molar-refractivity contribution in [2.45, 2.75) is 0 Å². The van der Waals surface area contributed by atoms with Crippen LogP contribution in [0.1, 0.15) is 21.2 Å². The molecule has 0 aliphatic heterocycles. The van der Waals surface area contributed by atoms with E-state index in [9.17, 15) is 9.59 Å². The number of H-pyrrole nitrogens is 2. The van der Waals surface area contributed by atoms with E-state index in [-0.39, 0.29) is 21.9 Å². The van der Waals surface area contributed by atoms with E-state index in [0.717, 1.165) is 43.7 Å². The van der Waals surface area contributed by atoms with Gasteiger partial charge in [0.15, 0.2) is 11.6 Å². The number of fused-ring (bicyclic) bond motifs is 2. The minimum absolute atomic E-state index is 0.228. The first-order valence-electron chi connectivity index (χ1n) is 7.03. The van der Waals surface area contributed by atoms with Gasteiger partial charge in [0.2, 0.25) is 0 Å². The second kappa shape index (κ2) is 6.14. The lowest BCUT2D eigenvalue weighted by atomic mass is 10.3. The summed E-state index contributed by atoms with van der Waals surface area (Å²) in [5.41, 5.74) is 3.01. The van der Waals surface area contributed by atoms with E-state index in [0.29, 0.717) is 0 Å². The van der Waals surface area contributed by atoms with Crippen LogP contribution in [-0.2, 0) is 0 Å². The highest BCUT2D eigenvalue weighted by molar-refractivity contribution is 8.87. The average molecular weight is 354 g/mol. The molecule has 0 aliphatic carbocycles. The highest BCUT2D eigenvalue weighted by Gasteiger charge is 2.18. The van der Waals surface area contributed by atoms with Crippen molar-refractivity contribution >= 4 is 53.9 Å². The highest BCUT2D eigenvalue weighted by Crippen LogP contribution is 2.29. The Balaban J connectivity index is 1.47. The van der Waals surface area contributed by atoms with Gasteiger partial charge in [0.25, 0.3) is 10.2 Å². The summed E-state index contributed by atoms with van der Waals surface area (Å²) in [6, 6.07) is 14.8. The molecule has 118 valence electrons. The van der Waals surface area contributed by atoms with Crippen LogP contribution in [0.25, 0.3) is 22.1 Å². The molecule has 2 heterocycles. The van der Waals surface area contributed by atoms with Gasteiger partial charge in [0.1, 0.15) is 0 Å². The van der Waals surface area contributed by atoms with Crippen LogP contribution >= 0.6 is 21.6 Å². The standard InChI is InChI=1S/C16H10N4O2S2/c21-15(13-17-9-5-1-2-6-10(9)18-13)23-24-16(22)14-19-11-7-3-4-8-12(11)20-14/h1-8H,(H,17,18)(H,19,20). The molecule has 0 bridgehead atoms. The van der Waals surface area contributed by atoms with Crippen molar-refractivity contribution in [2.75, 3.05) is 0 Å². The monoisotopic (exact) mass is 354 g/mol. The Hall–Kier alpha value is -2.58. The third-order valence-electron chi connectivity index (χ3n) is 3.36. The maximum atomic E-state index is 12.2. The Morgan fingerprint density at radius 2 is 1.12 bits per heavy atom. The summed E-state index contributed by atoms with van der Waals surface area (Å²) in [4.78, 5) is 38.7. The first-order valence-corrected chi connectivity index (χ1v) is 9.18. The molecule has 2 aromatic heterocycles. The number of hydrogen-bond donors (Lipinski definition) is 2. The van der Waals surface area contributed by atoms with Crippen LogP contribution in [0.2, 0.25) is 0 Å². The number of nitrogens with zero attached hydrogens (tertiary/aromatic N) is 2. The minimum Gasteiger partial charge on any atom is -0.335 e. The molecule has 0 radical (unpaired) electrons. The third kappa shape index (κ3) is 2.81. The van der Waals surface area contributed by atoms with Gasteiger partial charge in [-0.15, -0.1) is 0 Å². The second-order valence-corrected chi connectivity index (χ2v) is 7.02. The van der Waals surface area contributed by atoms with Crippen molar-refractivity contribution in [2.24, 2.45) is 0 Å². The molecule has 2 aromatic carbocycles. The van der Waals surface area contributed by atoms with E-state index in [1.807, 2.05) is 48.5 Å². The van der Waals surface area contributed by atoms with Gasteiger partial charge < -0.3 is 9.97 Å². The van der Waals surface area contributed by atoms with Gasteiger partial charge in [-0.1, -0.05) is 24.3 Å². The van der Waals surface area contributed by atoms with E-state index < -0.39 is 0 Å².